The van der Waals surface area contributed by atoms with Crippen LogP contribution in [0.5, 0.6) is 11.5 Å². The normalized spacial score (nSPS) is 12.0. The van der Waals surface area contributed by atoms with Crippen molar-refractivity contribution in [3.63, 3.8) is 0 Å². The number of hydrogen-bond acceptors (Lipinski definition) is 7. The number of carbonyl (C=O) groups is 2. The van der Waals surface area contributed by atoms with Gasteiger partial charge in [-0.05, 0) is 71.9 Å². The topological polar surface area (TPSA) is 83.5 Å². The first-order valence-corrected chi connectivity index (χ1v) is 21.3. The van der Waals surface area contributed by atoms with Gasteiger partial charge in [-0.1, -0.05) is 101 Å². The third kappa shape index (κ3) is 12.2. The fourth-order valence-electron chi connectivity index (χ4n) is 5.88. The summed E-state index contributed by atoms with van der Waals surface area (Å²) in [5.41, 5.74) is 1.92. The Kier molecular flexibility index (Phi) is 16.7. The second-order valence-corrected chi connectivity index (χ2v) is 19.3. The highest BCUT2D eigenvalue weighted by Gasteiger charge is 2.39. The van der Waals surface area contributed by atoms with Crippen molar-refractivity contribution in [1.29, 1.82) is 0 Å². The molecule has 0 aliphatic rings. The van der Waals surface area contributed by atoms with Gasteiger partial charge in [-0.3, -0.25) is 9.59 Å². The van der Waals surface area contributed by atoms with Crippen molar-refractivity contribution >= 4 is 20.2 Å². The second kappa shape index (κ2) is 20.4. The van der Waals surface area contributed by atoms with Crippen molar-refractivity contribution in [2.45, 2.75) is 95.9 Å². The smallest absolute Gasteiger partial charge is 0.305 e. The molecule has 0 fully saturated rings. The van der Waals surface area contributed by atoms with Gasteiger partial charge in [0.2, 0.25) is 5.91 Å². The van der Waals surface area contributed by atoms with E-state index in [0.717, 1.165) is 66.7 Å². The van der Waals surface area contributed by atoms with Gasteiger partial charge in [-0.25, -0.2) is 0 Å². The largest absolute Gasteiger partial charge is 0.497 e. The minimum Gasteiger partial charge on any atom is -0.497 e. The van der Waals surface area contributed by atoms with Crippen molar-refractivity contribution in [2.75, 3.05) is 47.6 Å². The summed E-state index contributed by atoms with van der Waals surface area (Å²) in [4.78, 5) is 27.1. The van der Waals surface area contributed by atoms with E-state index in [9.17, 15) is 9.59 Å². The first kappa shape index (κ1) is 41.8. The number of methoxy groups -OCH3 is 3. The summed E-state index contributed by atoms with van der Waals surface area (Å²) in [6.45, 7) is 12.9. The van der Waals surface area contributed by atoms with Gasteiger partial charge >= 0.3 is 5.97 Å². The molecule has 3 rings (SSSR count). The molecular formula is C42H61NO7Si. The fraction of sp³-hybridized carbons (Fsp3) is 0.524. The van der Waals surface area contributed by atoms with E-state index < -0.39 is 13.9 Å². The minimum absolute atomic E-state index is 0.0772. The highest BCUT2D eigenvalue weighted by atomic mass is 28.4. The molecule has 0 aromatic heterocycles. The van der Waals surface area contributed by atoms with Crippen LogP contribution >= 0.6 is 0 Å². The molecule has 0 aliphatic carbocycles. The lowest BCUT2D eigenvalue weighted by Crippen LogP contribution is -2.44. The zero-order valence-electron chi connectivity index (χ0n) is 32.3. The van der Waals surface area contributed by atoms with E-state index in [0.29, 0.717) is 39.1 Å². The molecule has 3 aromatic rings. The Morgan fingerprint density at radius 3 is 1.59 bits per heavy atom. The Hall–Kier alpha value is -3.66. The molecule has 0 heterocycles. The number of benzene rings is 3. The van der Waals surface area contributed by atoms with Crippen molar-refractivity contribution in [1.82, 2.24) is 4.90 Å². The van der Waals surface area contributed by atoms with Crippen LogP contribution in [-0.4, -0.2) is 72.7 Å². The van der Waals surface area contributed by atoms with E-state index in [1.54, 1.807) is 14.2 Å². The van der Waals surface area contributed by atoms with E-state index in [1.807, 2.05) is 71.6 Å². The van der Waals surface area contributed by atoms with Crippen molar-refractivity contribution < 1.29 is 33.0 Å². The number of nitrogens with zero attached hydrogens (tertiary/aromatic N) is 1. The van der Waals surface area contributed by atoms with Crippen LogP contribution in [0.1, 0.15) is 88.8 Å². The van der Waals surface area contributed by atoms with Gasteiger partial charge in [-0.15, -0.1) is 0 Å². The quantitative estimate of drug-likeness (QED) is 0.0443. The average Bonchev–Trinajstić information content (AvgIpc) is 3.13. The standard InChI is InChI=1S/C42H61NO7Si/c1-41(2,3)51(7,8)50-33-31-43(39(44)20-16-11-9-10-12-17-21-40(45)48-6)30-32-49-42(34-18-14-13-15-19-34,35-22-26-37(46-4)27-23-35)36-24-28-38(47-5)29-25-36/h13-15,18-19,22-29H,9-12,16-17,20-21,30-33H2,1-8H3. The first-order valence-electron chi connectivity index (χ1n) is 18.3. The molecule has 0 atom stereocenters. The van der Waals surface area contributed by atoms with Crippen LogP contribution in [0.2, 0.25) is 18.1 Å². The van der Waals surface area contributed by atoms with Crippen LogP contribution < -0.4 is 9.47 Å². The van der Waals surface area contributed by atoms with Crippen molar-refractivity contribution in [3.8, 4) is 11.5 Å². The second-order valence-electron chi connectivity index (χ2n) is 14.5. The molecule has 0 spiro atoms. The summed E-state index contributed by atoms with van der Waals surface area (Å²) < 4.78 is 29.3. The van der Waals surface area contributed by atoms with Crippen LogP contribution in [-0.2, 0) is 29.1 Å². The Balaban J connectivity index is 1.82. The highest BCUT2D eigenvalue weighted by Crippen LogP contribution is 2.42. The third-order valence-electron chi connectivity index (χ3n) is 10.1. The number of hydrogen-bond donors (Lipinski definition) is 0. The summed E-state index contributed by atoms with van der Waals surface area (Å²) in [6, 6.07) is 26.2. The molecule has 0 N–H and O–H groups in total. The summed E-state index contributed by atoms with van der Waals surface area (Å²) in [7, 11) is 2.76. The maximum Gasteiger partial charge on any atom is 0.305 e. The molecular weight excluding hydrogens is 659 g/mol. The highest BCUT2D eigenvalue weighted by molar-refractivity contribution is 6.74. The lowest BCUT2D eigenvalue weighted by molar-refractivity contribution is -0.140. The maximum absolute atomic E-state index is 13.8. The molecule has 9 heteroatoms. The van der Waals surface area contributed by atoms with Gasteiger partial charge in [0.25, 0.3) is 0 Å². The lowest BCUT2D eigenvalue weighted by atomic mass is 9.80. The molecule has 0 radical (unpaired) electrons. The molecule has 0 aliphatic heterocycles. The lowest BCUT2D eigenvalue weighted by Gasteiger charge is -2.38. The molecule has 51 heavy (non-hydrogen) atoms. The van der Waals surface area contributed by atoms with Crippen LogP contribution in [0.25, 0.3) is 0 Å². The van der Waals surface area contributed by atoms with E-state index >= 15 is 0 Å². The van der Waals surface area contributed by atoms with E-state index in [2.05, 4.69) is 46.0 Å². The molecule has 0 saturated heterocycles. The predicted octanol–water partition coefficient (Wildman–Crippen LogP) is 9.16. The van der Waals surface area contributed by atoms with Gasteiger partial charge in [0.15, 0.2) is 8.32 Å². The van der Waals surface area contributed by atoms with Crippen LogP contribution in [0.15, 0.2) is 78.9 Å². The number of carbonyl (C=O) groups excluding carboxylic acids is 2. The SMILES string of the molecule is COC(=O)CCCCCCCCC(=O)N(CCOC(c1ccccc1)(c1ccc(OC)cc1)c1ccc(OC)cc1)CCO[Si](C)(C)C(C)(C)C. The Bertz CT molecular complexity index is 1410. The number of unbranched alkanes of at least 4 members (excludes halogenated alkanes) is 5. The number of ether oxygens (including phenoxy) is 4. The number of amides is 1. The van der Waals surface area contributed by atoms with E-state index in [-0.39, 0.29) is 16.9 Å². The first-order chi connectivity index (χ1) is 24.4. The Labute approximate surface area is 307 Å². The van der Waals surface area contributed by atoms with Crippen molar-refractivity contribution in [3.05, 3.63) is 95.6 Å². The molecule has 3 aromatic carbocycles. The fourth-order valence-corrected chi connectivity index (χ4v) is 6.92. The van der Waals surface area contributed by atoms with E-state index in [1.165, 1.54) is 7.11 Å². The van der Waals surface area contributed by atoms with Gasteiger partial charge in [0, 0.05) is 25.9 Å². The summed E-state index contributed by atoms with van der Waals surface area (Å²) in [5, 5.41) is 0.0772. The third-order valence-corrected chi connectivity index (χ3v) is 14.6. The van der Waals surface area contributed by atoms with Gasteiger partial charge in [-0.2, -0.15) is 0 Å². The van der Waals surface area contributed by atoms with Gasteiger partial charge in [0.05, 0.1) is 34.5 Å². The van der Waals surface area contributed by atoms with Crippen LogP contribution in [0.4, 0.5) is 0 Å². The summed E-state index contributed by atoms with van der Waals surface area (Å²) >= 11 is 0. The minimum atomic E-state index is -1.99. The van der Waals surface area contributed by atoms with Crippen molar-refractivity contribution in [2.24, 2.45) is 0 Å². The molecule has 8 nitrogen and oxygen atoms in total. The average molecular weight is 720 g/mol. The molecule has 0 unspecified atom stereocenters. The molecule has 1 amide bonds. The van der Waals surface area contributed by atoms with E-state index in [4.69, 9.17) is 23.4 Å². The molecule has 0 bridgehead atoms. The van der Waals surface area contributed by atoms with Crippen LogP contribution in [0, 0.1) is 0 Å². The zero-order chi connectivity index (χ0) is 37.3. The summed E-state index contributed by atoms with van der Waals surface area (Å²) in [5.74, 6) is 1.48. The van der Waals surface area contributed by atoms with Gasteiger partial charge < -0.3 is 28.3 Å². The van der Waals surface area contributed by atoms with Crippen LogP contribution in [0.3, 0.4) is 0 Å². The number of rotatable bonds is 22. The predicted molar refractivity (Wildman–Crippen MR) is 207 cm³/mol. The Morgan fingerprint density at radius 1 is 0.627 bits per heavy atom. The maximum atomic E-state index is 13.8. The van der Waals surface area contributed by atoms with Gasteiger partial charge in [0.1, 0.15) is 17.1 Å². The zero-order valence-corrected chi connectivity index (χ0v) is 33.3. The summed E-state index contributed by atoms with van der Waals surface area (Å²) in [6.07, 6.45) is 6.64. The Morgan fingerprint density at radius 2 is 1.10 bits per heavy atom. The number of esters is 1. The molecule has 0 saturated carbocycles. The monoisotopic (exact) mass is 719 g/mol. The molecule has 280 valence electrons.